The Labute approximate surface area is 168 Å². The largest absolute Gasteiger partial charge is 0.480 e. The predicted octanol–water partition coefficient (Wildman–Crippen LogP) is 1.24. The summed E-state index contributed by atoms with van der Waals surface area (Å²) in [4.78, 5) is 37.3. The number of anilines is 1. The lowest BCUT2D eigenvalue weighted by Crippen LogP contribution is -2.42. The molecule has 148 valence electrons. The summed E-state index contributed by atoms with van der Waals surface area (Å²) < 4.78 is 0. The molecule has 0 radical (unpaired) electrons. The highest BCUT2D eigenvalue weighted by Crippen LogP contribution is 2.26. The minimum absolute atomic E-state index is 0.0158. The number of hydrogen-bond acceptors (Lipinski definition) is 4. The van der Waals surface area contributed by atoms with E-state index in [2.05, 4.69) is 17.2 Å². The van der Waals surface area contributed by atoms with Crippen molar-refractivity contribution in [2.75, 3.05) is 11.4 Å². The molecule has 1 heterocycles. The van der Waals surface area contributed by atoms with Gasteiger partial charge >= 0.3 is 5.97 Å². The lowest BCUT2D eigenvalue weighted by atomic mass is 10.0. The van der Waals surface area contributed by atoms with Crippen molar-refractivity contribution in [3.8, 4) is 11.8 Å². The Balaban J connectivity index is 1.74. The van der Waals surface area contributed by atoms with Gasteiger partial charge in [0, 0.05) is 30.5 Å². The van der Waals surface area contributed by atoms with Crippen LogP contribution in [0, 0.1) is 11.8 Å². The van der Waals surface area contributed by atoms with Crippen LogP contribution < -0.4 is 16.0 Å². The monoisotopic (exact) mass is 391 g/mol. The molecule has 0 aromatic heterocycles. The Morgan fingerprint density at radius 1 is 1.03 bits per heavy atom. The van der Waals surface area contributed by atoms with Crippen molar-refractivity contribution in [1.82, 2.24) is 5.32 Å². The Morgan fingerprint density at radius 2 is 1.69 bits per heavy atom. The maximum absolute atomic E-state index is 13.0. The maximum Gasteiger partial charge on any atom is 0.322 e. The van der Waals surface area contributed by atoms with Crippen molar-refractivity contribution in [3.05, 3.63) is 65.2 Å². The van der Waals surface area contributed by atoms with E-state index < -0.39 is 17.9 Å². The van der Waals surface area contributed by atoms with E-state index in [0.29, 0.717) is 12.2 Å². The van der Waals surface area contributed by atoms with Gasteiger partial charge in [0.2, 0.25) is 11.8 Å². The van der Waals surface area contributed by atoms with Crippen molar-refractivity contribution in [2.24, 2.45) is 5.73 Å². The molecule has 4 N–H and O–H groups in total. The standard InChI is InChI=1S/C22H21N3O4/c23-18(22(28)29)13-24-20(26)11-12-21(27)25-14-17-7-2-1-5-15(17)9-10-16-6-3-4-8-19(16)25/h1-8,18H,11-14,23H2,(H,24,26)(H,28,29)/t18-/m0/s1. The second kappa shape index (κ2) is 9.04. The third kappa shape index (κ3) is 5.00. The first-order valence-corrected chi connectivity index (χ1v) is 9.20. The van der Waals surface area contributed by atoms with Crippen molar-refractivity contribution in [3.63, 3.8) is 0 Å². The second-order valence-electron chi connectivity index (χ2n) is 6.65. The molecular formula is C22H21N3O4. The van der Waals surface area contributed by atoms with Gasteiger partial charge in [-0.15, -0.1) is 0 Å². The van der Waals surface area contributed by atoms with E-state index in [1.54, 1.807) is 4.90 Å². The Kier molecular flexibility index (Phi) is 6.27. The minimum atomic E-state index is -1.20. The van der Waals surface area contributed by atoms with Crippen LogP contribution in [0.5, 0.6) is 0 Å². The summed E-state index contributed by atoms with van der Waals surface area (Å²) in [5.41, 5.74) is 8.60. The van der Waals surface area contributed by atoms with Gasteiger partial charge in [0.1, 0.15) is 6.04 Å². The first kappa shape index (κ1) is 20.1. The molecule has 1 aliphatic heterocycles. The first-order chi connectivity index (χ1) is 14.0. The highest BCUT2D eigenvalue weighted by atomic mass is 16.4. The zero-order chi connectivity index (χ0) is 20.8. The fourth-order valence-corrected chi connectivity index (χ4v) is 2.96. The predicted molar refractivity (Wildman–Crippen MR) is 108 cm³/mol. The van der Waals surface area contributed by atoms with Crippen LogP contribution in [-0.2, 0) is 20.9 Å². The second-order valence-corrected chi connectivity index (χ2v) is 6.65. The van der Waals surface area contributed by atoms with Crippen LogP contribution >= 0.6 is 0 Å². The van der Waals surface area contributed by atoms with Crippen molar-refractivity contribution < 1.29 is 19.5 Å². The van der Waals surface area contributed by atoms with E-state index in [9.17, 15) is 14.4 Å². The summed E-state index contributed by atoms with van der Waals surface area (Å²) in [6.07, 6.45) is -0.0742. The van der Waals surface area contributed by atoms with Gasteiger partial charge in [-0.2, -0.15) is 0 Å². The van der Waals surface area contributed by atoms with Gasteiger partial charge in [0.15, 0.2) is 0 Å². The van der Waals surface area contributed by atoms with Crippen LogP contribution in [0.25, 0.3) is 0 Å². The molecule has 0 fully saturated rings. The molecule has 7 nitrogen and oxygen atoms in total. The van der Waals surface area contributed by atoms with Crippen molar-refractivity contribution in [1.29, 1.82) is 0 Å². The van der Waals surface area contributed by atoms with Crippen molar-refractivity contribution >= 4 is 23.5 Å². The van der Waals surface area contributed by atoms with E-state index in [1.807, 2.05) is 48.5 Å². The number of carbonyl (C=O) groups is 3. The number of aliphatic carboxylic acids is 1. The number of rotatable bonds is 6. The molecule has 1 atom stereocenters. The molecule has 7 heteroatoms. The first-order valence-electron chi connectivity index (χ1n) is 9.20. The van der Waals surface area contributed by atoms with E-state index in [1.165, 1.54) is 0 Å². The number of carboxylic acid groups (broad SMARTS) is 1. The third-order valence-corrected chi connectivity index (χ3v) is 4.58. The normalized spacial score (nSPS) is 12.9. The zero-order valence-corrected chi connectivity index (χ0v) is 15.7. The smallest absolute Gasteiger partial charge is 0.322 e. The fraction of sp³-hybridized carbons (Fsp3) is 0.227. The fourth-order valence-electron chi connectivity index (χ4n) is 2.96. The van der Waals surface area contributed by atoms with Crippen LogP contribution in [0.15, 0.2) is 48.5 Å². The van der Waals surface area contributed by atoms with Gasteiger partial charge in [-0.3, -0.25) is 14.4 Å². The summed E-state index contributed by atoms with van der Waals surface area (Å²) in [5, 5.41) is 11.2. The average molecular weight is 391 g/mol. The van der Waals surface area contributed by atoms with Crippen LogP contribution in [0.2, 0.25) is 0 Å². The topological polar surface area (TPSA) is 113 Å². The molecule has 29 heavy (non-hydrogen) atoms. The Bertz CT molecular complexity index is 1010. The summed E-state index contributed by atoms with van der Waals surface area (Å²) in [6.45, 7) is 0.171. The molecule has 0 saturated heterocycles. The number of carbonyl (C=O) groups excluding carboxylic acids is 2. The minimum Gasteiger partial charge on any atom is -0.480 e. The number of nitrogens with one attached hydrogen (secondary N) is 1. The summed E-state index contributed by atoms with van der Waals surface area (Å²) in [6, 6.07) is 13.9. The van der Waals surface area contributed by atoms with E-state index in [0.717, 1.165) is 16.7 Å². The van der Waals surface area contributed by atoms with Gasteiger partial charge in [-0.1, -0.05) is 42.2 Å². The average Bonchev–Trinajstić information content (AvgIpc) is 2.71. The lowest BCUT2D eigenvalue weighted by molar-refractivity contribution is -0.138. The van der Waals surface area contributed by atoms with Gasteiger partial charge in [-0.05, 0) is 23.8 Å². The van der Waals surface area contributed by atoms with Crippen molar-refractivity contribution in [2.45, 2.75) is 25.4 Å². The SMILES string of the molecule is N[C@@H](CNC(=O)CCC(=O)N1Cc2ccccc2C#Cc2ccccc21)C(=O)O. The van der Waals surface area contributed by atoms with Gasteiger partial charge < -0.3 is 21.1 Å². The number of amides is 2. The van der Waals surface area contributed by atoms with Crippen LogP contribution in [-0.4, -0.2) is 35.5 Å². The molecule has 0 spiro atoms. The zero-order valence-electron chi connectivity index (χ0n) is 15.7. The third-order valence-electron chi connectivity index (χ3n) is 4.58. The number of fused-ring (bicyclic) bond motifs is 2. The number of hydrogen-bond donors (Lipinski definition) is 3. The number of nitrogens with zero attached hydrogens (tertiary/aromatic N) is 1. The molecule has 3 rings (SSSR count). The number of carboxylic acids is 1. The molecule has 2 amide bonds. The lowest BCUT2D eigenvalue weighted by Gasteiger charge is -2.26. The molecule has 2 aromatic carbocycles. The maximum atomic E-state index is 13.0. The molecule has 1 aliphatic rings. The molecule has 0 aliphatic carbocycles. The highest BCUT2D eigenvalue weighted by molar-refractivity contribution is 5.97. The number of benzene rings is 2. The van der Waals surface area contributed by atoms with Crippen LogP contribution in [0.3, 0.4) is 0 Å². The van der Waals surface area contributed by atoms with E-state index in [4.69, 9.17) is 10.8 Å². The van der Waals surface area contributed by atoms with Crippen LogP contribution in [0.4, 0.5) is 5.69 Å². The Hall–Kier alpha value is -3.63. The van der Waals surface area contributed by atoms with Gasteiger partial charge in [-0.25, -0.2) is 0 Å². The molecular weight excluding hydrogens is 370 g/mol. The molecule has 0 unspecified atom stereocenters. The summed E-state index contributed by atoms with van der Waals surface area (Å²) >= 11 is 0. The van der Waals surface area contributed by atoms with Gasteiger partial charge in [0.25, 0.3) is 0 Å². The molecule has 0 bridgehead atoms. The Morgan fingerprint density at radius 3 is 2.45 bits per heavy atom. The molecule has 0 saturated carbocycles. The quantitative estimate of drug-likeness (QED) is 0.642. The number of nitrogens with two attached hydrogens (primary N) is 1. The van der Waals surface area contributed by atoms with Crippen LogP contribution in [0.1, 0.15) is 29.5 Å². The highest BCUT2D eigenvalue weighted by Gasteiger charge is 2.22. The van der Waals surface area contributed by atoms with E-state index >= 15 is 0 Å². The summed E-state index contributed by atoms with van der Waals surface area (Å²) in [7, 11) is 0. The molecule has 2 aromatic rings. The van der Waals surface area contributed by atoms with E-state index in [-0.39, 0.29) is 25.3 Å². The number of para-hydroxylation sites is 1. The summed E-state index contributed by atoms with van der Waals surface area (Å²) in [5.74, 6) is 4.45. The van der Waals surface area contributed by atoms with Gasteiger partial charge in [0.05, 0.1) is 12.2 Å².